The molecule has 3 aromatic rings. The van der Waals surface area contributed by atoms with Gasteiger partial charge in [-0.3, -0.25) is 4.79 Å². The Balaban J connectivity index is 2.12. The van der Waals surface area contributed by atoms with Gasteiger partial charge in [-0.2, -0.15) is 0 Å². The van der Waals surface area contributed by atoms with Crippen LogP contribution in [0.2, 0.25) is 5.02 Å². The van der Waals surface area contributed by atoms with Crippen LogP contribution in [0.3, 0.4) is 0 Å². The van der Waals surface area contributed by atoms with Crippen molar-refractivity contribution in [2.45, 2.75) is 39.8 Å². The molecule has 0 radical (unpaired) electrons. The van der Waals surface area contributed by atoms with Gasteiger partial charge in [0.15, 0.2) is 0 Å². The highest BCUT2D eigenvalue weighted by Crippen LogP contribution is 2.36. The maximum absolute atomic E-state index is 12.4. The van der Waals surface area contributed by atoms with Crippen molar-refractivity contribution in [1.29, 1.82) is 0 Å². The van der Waals surface area contributed by atoms with E-state index in [2.05, 4.69) is 4.98 Å². The molecule has 3 rings (SSSR count). The SMILES string of the molecule is COc1ccc(-c2c(C)n(CC(=O)OC(C)(C)C)c3ccc(Cl)cc23)cn1. The number of carbonyl (C=O) groups is 1. The summed E-state index contributed by atoms with van der Waals surface area (Å²) in [6.07, 6.45) is 1.76. The van der Waals surface area contributed by atoms with Crippen molar-refractivity contribution in [3.63, 3.8) is 0 Å². The first-order valence-corrected chi connectivity index (χ1v) is 9.08. The molecule has 0 aliphatic carbocycles. The third-order valence-corrected chi connectivity index (χ3v) is 4.46. The lowest BCUT2D eigenvalue weighted by Crippen LogP contribution is -2.26. The van der Waals surface area contributed by atoms with E-state index in [4.69, 9.17) is 21.1 Å². The van der Waals surface area contributed by atoms with Crippen molar-refractivity contribution in [2.75, 3.05) is 7.11 Å². The smallest absolute Gasteiger partial charge is 0.326 e. The number of methoxy groups -OCH3 is 1. The molecule has 1 aromatic carbocycles. The van der Waals surface area contributed by atoms with Crippen LogP contribution in [-0.2, 0) is 16.1 Å². The molecule has 0 saturated heterocycles. The number of fused-ring (bicyclic) bond motifs is 1. The van der Waals surface area contributed by atoms with E-state index in [9.17, 15) is 4.79 Å². The molecule has 0 bridgehead atoms. The van der Waals surface area contributed by atoms with Crippen molar-refractivity contribution in [3.05, 3.63) is 47.2 Å². The average molecular weight is 387 g/mol. The van der Waals surface area contributed by atoms with Gasteiger partial charge in [0.25, 0.3) is 0 Å². The summed E-state index contributed by atoms with van der Waals surface area (Å²) in [4.78, 5) is 16.7. The second kappa shape index (κ2) is 7.24. The van der Waals surface area contributed by atoms with Crippen LogP contribution in [0.4, 0.5) is 0 Å². The number of halogens is 1. The first-order chi connectivity index (χ1) is 12.7. The third kappa shape index (κ3) is 4.08. The predicted octanol–water partition coefficient (Wildman–Crippen LogP) is 5.02. The molecular formula is C21H23ClN2O3. The number of nitrogens with zero attached hydrogens (tertiary/aromatic N) is 2. The Morgan fingerprint density at radius 1 is 1.22 bits per heavy atom. The van der Waals surface area contributed by atoms with E-state index in [-0.39, 0.29) is 12.5 Å². The maximum Gasteiger partial charge on any atom is 0.326 e. The summed E-state index contributed by atoms with van der Waals surface area (Å²) in [7, 11) is 1.58. The van der Waals surface area contributed by atoms with Gasteiger partial charge in [-0.1, -0.05) is 11.6 Å². The van der Waals surface area contributed by atoms with Crippen LogP contribution in [-0.4, -0.2) is 28.2 Å². The highest BCUT2D eigenvalue weighted by Gasteiger charge is 2.21. The van der Waals surface area contributed by atoms with Gasteiger partial charge in [0.05, 0.1) is 7.11 Å². The molecule has 0 atom stereocenters. The summed E-state index contributed by atoms with van der Waals surface area (Å²) in [6, 6.07) is 9.43. The topological polar surface area (TPSA) is 53.4 Å². The van der Waals surface area contributed by atoms with Gasteiger partial charge in [0.1, 0.15) is 12.1 Å². The number of hydrogen-bond acceptors (Lipinski definition) is 4. The quantitative estimate of drug-likeness (QED) is 0.591. The minimum absolute atomic E-state index is 0.130. The Kier molecular flexibility index (Phi) is 5.16. The molecule has 0 aliphatic heterocycles. The molecule has 0 amide bonds. The zero-order chi connectivity index (χ0) is 19.8. The van der Waals surface area contributed by atoms with Gasteiger partial charge in [-0.05, 0) is 52.0 Å². The molecule has 0 N–H and O–H groups in total. The number of esters is 1. The minimum Gasteiger partial charge on any atom is -0.481 e. The molecule has 0 unspecified atom stereocenters. The molecule has 0 saturated carbocycles. The highest BCUT2D eigenvalue weighted by molar-refractivity contribution is 6.31. The van der Waals surface area contributed by atoms with Gasteiger partial charge in [0.2, 0.25) is 5.88 Å². The fourth-order valence-corrected chi connectivity index (χ4v) is 3.35. The number of carbonyl (C=O) groups excluding carboxylic acids is 1. The monoisotopic (exact) mass is 386 g/mol. The lowest BCUT2D eigenvalue weighted by atomic mass is 10.0. The molecule has 0 fully saturated rings. The molecule has 2 aromatic heterocycles. The van der Waals surface area contributed by atoms with E-state index in [0.29, 0.717) is 10.9 Å². The molecule has 0 aliphatic rings. The van der Waals surface area contributed by atoms with Crippen LogP contribution in [0.1, 0.15) is 26.5 Å². The number of aromatic nitrogens is 2. The van der Waals surface area contributed by atoms with Crippen LogP contribution in [0.25, 0.3) is 22.0 Å². The van der Waals surface area contributed by atoms with Gasteiger partial charge in [-0.25, -0.2) is 4.98 Å². The summed E-state index contributed by atoms with van der Waals surface area (Å²) >= 11 is 6.24. The summed E-state index contributed by atoms with van der Waals surface area (Å²) in [5.41, 5.74) is 3.27. The first kappa shape index (κ1) is 19.2. The number of rotatable bonds is 4. The van der Waals surface area contributed by atoms with Crippen LogP contribution in [0.15, 0.2) is 36.5 Å². The second-order valence-electron chi connectivity index (χ2n) is 7.38. The lowest BCUT2D eigenvalue weighted by molar-refractivity contribution is -0.155. The van der Waals surface area contributed by atoms with Crippen molar-refractivity contribution in [2.24, 2.45) is 0 Å². The van der Waals surface area contributed by atoms with E-state index in [1.807, 2.05) is 62.6 Å². The van der Waals surface area contributed by atoms with Gasteiger partial charge < -0.3 is 14.0 Å². The molecule has 6 heteroatoms. The fourth-order valence-electron chi connectivity index (χ4n) is 3.17. The van der Waals surface area contributed by atoms with E-state index in [0.717, 1.165) is 27.7 Å². The standard InChI is InChI=1S/C21H23ClN2O3/c1-13-20(14-6-9-18(26-5)23-11-14)16-10-15(22)7-8-17(16)24(13)12-19(25)27-21(2,3)4/h6-11H,12H2,1-5H3. The zero-order valence-corrected chi connectivity index (χ0v) is 16.9. The molecule has 27 heavy (non-hydrogen) atoms. The largest absolute Gasteiger partial charge is 0.481 e. The van der Waals surface area contributed by atoms with Crippen molar-refractivity contribution in [3.8, 4) is 17.0 Å². The number of hydrogen-bond donors (Lipinski definition) is 0. The van der Waals surface area contributed by atoms with E-state index in [1.54, 1.807) is 13.3 Å². The highest BCUT2D eigenvalue weighted by atomic mass is 35.5. The van der Waals surface area contributed by atoms with Gasteiger partial charge in [0, 0.05) is 45.0 Å². The Bertz CT molecular complexity index is 985. The van der Waals surface area contributed by atoms with Crippen LogP contribution in [0.5, 0.6) is 5.88 Å². The normalized spacial score (nSPS) is 11.6. The molecule has 5 nitrogen and oxygen atoms in total. The fraction of sp³-hybridized carbons (Fsp3) is 0.333. The Morgan fingerprint density at radius 2 is 1.96 bits per heavy atom. The van der Waals surface area contributed by atoms with Crippen LogP contribution < -0.4 is 4.74 Å². The van der Waals surface area contributed by atoms with E-state index >= 15 is 0 Å². The summed E-state index contributed by atoms with van der Waals surface area (Å²) < 4.78 is 12.6. The van der Waals surface area contributed by atoms with E-state index in [1.165, 1.54) is 0 Å². The molecule has 0 spiro atoms. The van der Waals surface area contributed by atoms with Crippen molar-refractivity contribution >= 4 is 28.5 Å². The number of pyridine rings is 1. The molecule has 2 heterocycles. The molecular weight excluding hydrogens is 364 g/mol. The molecule has 142 valence electrons. The average Bonchev–Trinajstić information content (AvgIpc) is 2.84. The Labute approximate surface area is 163 Å². The first-order valence-electron chi connectivity index (χ1n) is 8.70. The van der Waals surface area contributed by atoms with Crippen LogP contribution >= 0.6 is 11.6 Å². The van der Waals surface area contributed by atoms with Crippen molar-refractivity contribution in [1.82, 2.24) is 9.55 Å². The Hall–Kier alpha value is -2.53. The van der Waals surface area contributed by atoms with Gasteiger partial charge in [-0.15, -0.1) is 0 Å². The summed E-state index contributed by atoms with van der Waals surface area (Å²) in [5, 5.41) is 1.61. The van der Waals surface area contributed by atoms with Crippen LogP contribution in [0, 0.1) is 6.92 Å². The van der Waals surface area contributed by atoms with E-state index < -0.39 is 5.60 Å². The summed E-state index contributed by atoms with van der Waals surface area (Å²) in [6.45, 7) is 7.70. The lowest BCUT2D eigenvalue weighted by Gasteiger charge is -2.20. The predicted molar refractivity (Wildman–Crippen MR) is 107 cm³/mol. The summed E-state index contributed by atoms with van der Waals surface area (Å²) in [5.74, 6) is 0.267. The minimum atomic E-state index is -0.528. The van der Waals surface area contributed by atoms with Crippen molar-refractivity contribution < 1.29 is 14.3 Å². The number of ether oxygens (including phenoxy) is 2. The number of benzene rings is 1. The Morgan fingerprint density at radius 3 is 2.56 bits per heavy atom. The maximum atomic E-state index is 12.4. The third-order valence-electron chi connectivity index (χ3n) is 4.23. The van der Waals surface area contributed by atoms with Gasteiger partial charge >= 0.3 is 5.97 Å². The second-order valence-corrected chi connectivity index (χ2v) is 7.82. The zero-order valence-electron chi connectivity index (χ0n) is 16.2.